The van der Waals surface area contributed by atoms with Crippen LogP contribution in [-0.4, -0.2) is 33.0 Å². The first-order valence-corrected chi connectivity index (χ1v) is 9.83. The lowest BCUT2D eigenvalue weighted by molar-refractivity contribution is -0.142. The average molecular weight is 410 g/mol. The zero-order valence-corrected chi connectivity index (χ0v) is 17.7. The number of aryl methyl sites for hydroxylation is 1. The lowest BCUT2D eigenvalue weighted by Crippen LogP contribution is -2.36. The van der Waals surface area contributed by atoms with E-state index >= 15 is 0 Å². The topological polar surface area (TPSA) is 55.2 Å². The second-order valence-corrected chi connectivity index (χ2v) is 7.32. The summed E-state index contributed by atoms with van der Waals surface area (Å²) in [7, 11) is 0. The van der Waals surface area contributed by atoms with Gasteiger partial charge in [0.15, 0.2) is 0 Å². The molecule has 0 atom stereocenters. The van der Waals surface area contributed by atoms with Gasteiger partial charge in [-0.3, -0.25) is 19.2 Å². The minimum atomic E-state index is -0.253. The summed E-state index contributed by atoms with van der Waals surface area (Å²) in [6, 6.07) is 5.55. The van der Waals surface area contributed by atoms with Gasteiger partial charge in [-0.25, -0.2) is 0 Å². The van der Waals surface area contributed by atoms with Crippen molar-refractivity contribution >= 4 is 35.0 Å². The Kier molecular flexibility index (Phi) is 7.45. The molecule has 2 rings (SSSR count). The fourth-order valence-corrected chi connectivity index (χ4v) is 3.88. The van der Waals surface area contributed by atoms with Crippen LogP contribution in [0.2, 0.25) is 10.0 Å². The first-order chi connectivity index (χ1) is 12.8. The minimum absolute atomic E-state index is 0.253. The van der Waals surface area contributed by atoms with Gasteiger partial charge in [0, 0.05) is 48.1 Å². The van der Waals surface area contributed by atoms with Crippen molar-refractivity contribution in [1.82, 2.24) is 14.7 Å². The highest BCUT2D eigenvalue weighted by molar-refractivity contribution is 6.34. The molecule has 0 saturated heterocycles. The molecular weight excluding hydrogens is 385 g/mol. The SMILES string of the molecule is CCc1nn(CCN(C(C)=O)C(C)=O)c(CC)c1Cc1cc(Cl)cc(Cl)c1. The maximum absolute atomic E-state index is 11.6. The van der Waals surface area contributed by atoms with E-state index < -0.39 is 0 Å². The van der Waals surface area contributed by atoms with Crippen LogP contribution in [0.15, 0.2) is 18.2 Å². The summed E-state index contributed by atoms with van der Waals surface area (Å²) in [6.07, 6.45) is 2.29. The molecule has 2 amide bonds. The number of nitrogens with zero attached hydrogens (tertiary/aromatic N) is 3. The number of hydrogen-bond donors (Lipinski definition) is 0. The first-order valence-electron chi connectivity index (χ1n) is 9.07. The second-order valence-electron chi connectivity index (χ2n) is 6.45. The van der Waals surface area contributed by atoms with Crippen molar-refractivity contribution in [3.63, 3.8) is 0 Å². The van der Waals surface area contributed by atoms with Crippen LogP contribution in [-0.2, 0) is 35.4 Å². The molecule has 0 spiro atoms. The number of rotatable bonds is 7. The van der Waals surface area contributed by atoms with E-state index in [0.717, 1.165) is 35.4 Å². The van der Waals surface area contributed by atoms with Gasteiger partial charge < -0.3 is 0 Å². The summed E-state index contributed by atoms with van der Waals surface area (Å²) < 4.78 is 1.92. The van der Waals surface area contributed by atoms with E-state index in [9.17, 15) is 9.59 Å². The van der Waals surface area contributed by atoms with E-state index in [1.807, 2.05) is 16.8 Å². The molecule has 7 heteroatoms. The first kappa shape index (κ1) is 21.5. The Bertz CT molecular complexity index is 812. The largest absolute Gasteiger partial charge is 0.281 e. The molecule has 0 fully saturated rings. The second kappa shape index (κ2) is 9.38. The normalized spacial score (nSPS) is 10.9. The van der Waals surface area contributed by atoms with Gasteiger partial charge in [-0.2, -0.15) is 5.10 Å². The standard InChI is InChI=1S/C20H25Cl2N3O2/c1-5-19-18(11-15-9-16(21)12-17(22)10-15)20(6-2)25(23-19)8-7-24(13(3)26)14(4)27/h9-10,12H,5-8,11H2,1-4H3. The van der Waals surface area contributed by atoms with Crippen LogP contribution < -0.4 is 0 Å². The van der Waals surface area contributed by atoms with Crippen molar-refractivity contribution in [2.24, 2.45) is 0 Å². The molecule has 1 heterocycles. The highest BCUT2D eigenvalue weighted by Crippen LogP contribution is 2.25. The third-order valence-electron chi connectivity index (χ3n) is 4.52. The fraction of sp³-hybridized carbons (Fsp3) is 0.450. The summed E-state index contributed by atoms with van der Waals surface area (Å²) in [6.45, 7) is 7.73. The molecule has 146 valence electrons. The Morgan fingerprint density at radius 2 is 1.63 bits per heavy atom. The van der Waals surface area contributed by atoms with Gasteiger partial charge in [0.1, 0.15) is 0 Å². The van der Waals surface area contributed by atoms with Crippen LogP contribution in [0, 0.1) is 0 Å². The van der Waals surface area contributed by atoms with Crippen molar-refractivity contribution in [3.05, 3.63) is 50.8 Å². The molecule has 2 aromatic rings. The minimum Gasteiger partial charge on any atom is -0.281 e. The van der Waals surface area contributed by atoms with Crippen LogP contribution in [0.5, 0.6) is 0 Å². The van der Waals surface area contributed by atoms with Crippen molar-refractivity contribution < 1.29 is 9.59 Å². The Hall–Kier alpha value is -1.85. The molecule has 0 aliphatic carbocycles. The molecule has 0 bridgehead atoms. The van der Waals surface area contributed by atoms with Crippen molar-refractivity contribution in [2.75, 3.05) is 6.54 Å². The van der Waals surface area contributed by atoms with E-state index in [1.165, 1.54) is 18.7 Å². The van der Waals surface area contributed by atoms with Gasteiger partial charge in [0.05, 0.1) is 12.2 Å². The van der Waals surface area contributed by atoms with Crippen LogP contribution >= 0.6 is 23.2 Å². The number of halogens is 2. The predicted octanol–water partition coefficient (Wildman–Crippen LogP) is 4.30. The third-order valence-corrected chi connectivity index (χ3v) is 4.95. The zero-order valence-electron chi connectivity index (χ0n) is 16.2. The average Bonchev–Trinajstić information content (AvgIpc) is 2.90. The number of carbonyl (C=O) groups excluding carboxylic acids is 2. The number of aromatic nitrogens is 2. The molecule has 0 radical (unpaired) electrons. The van der Waals surface area contributed by atoms with E-state index in [0.29, 0.717) is 29.6 Å². The number of carbonyl (C=O) groups is 2. The van der Waals surface area contributed by atoms with E-state index in [2.05, 4.69) is 13.8 Å². The van der Waals surface area contributed by atoms with Gasteiger partial charge in [-0.05, 0) is 36.6 Å². The van der Waals surface area contributed by atoms with Gasteiger partial charge in [0.2, 0.25) is 11.8 Å². The van der Waals surface area contributed by atoms with Crippen LogP contribution in [0.4, 0.5) is 0 Å². The van der Waals surface area contributed by atoms with Gasteiger partial charge in [-0.15, -0.1) is 0 Å². The maximum atomic E-state index is 11.6. The maximum Gasteiger partial charge on any atom is 0.226 e. The zero-order chi connectivity index (χ0) is 20.1. The molecular formula is C20H25Cl2N3O2. The Labute approximate surface area is 170 Å². The summed E-state index contributed by atoms with van der Waals surface area (Å²) in [5, 5.41) is 5.95. The van der Waals surface area contributed by atoms with Crippen molar-refractivity contribution in [1.29, 1.82) is 0 Å². The monoisotopic (exact) mass is 409 g/mol. The molecule has 5 nitrogen and oxygen atoms in total. The number of imide groups is 1. The number of amides is 2. The summed E-state index contributed by atoms with van der Waals surface area (Å²) in [5.41, 5.74) is 4.32. The molecule has 0 aliphatic heterocycles. The van der Waals surface area contributed by atoms with Crippen LogP contribution in [0.3, 0.4) is 0 Å². The molecule has 0 saturated carbocycles. The van der Waals surface area contributed by atoms with Crippen LogP contribution in [0.1, 0.15) is 50.2 Å². The highest BCUT2D eigenvalue weighted by Gasteiger charge is 2.19. The number of benzene rings is 1. The van der Waals surface area contributed by atoms with Gasteiger partial charge in [0.25, 0.3) is 0 Å². The Morgan fingerprint density at radius 3 is 2.11 bits per heavy atom. The van der Waals surface area contributed by atoms with Gasteiger partial charge in [-0.1, -0.05) is 37.0 Å². The fourth-order valence-electron chi connectivity index (χ4n) is 3.31. The smallest absolute Gasteiger partial charge is 0.226 e. The van der Waals surface area contributed by atoms with E-state index in [4.69, 9.17) is 28.3 Å². The lowest BCUT2D eigenvalue weighted by atomic mass is 10.0. The lowest BCUT2D eigenvalue weighted by Gasteiger charge is -2.17. The Balaban J connectivity index is 2.33. The quantitative estimate of drug-likeness (QED) is 0.684. The molecule has 1 aromatic carbocycles. The van der Waals surface area contributed by atoms with Crippen LogP contribution in [0.25, 0.3) is 0 Å². The number of hydrogen-bond acceptors (Lipinski definition) is 3. The highest BCUT2D eigenvalue weighted by atomic mass is 35.5. The van der Waals surface area contributed by atoms with Crippen molar-refractivity contribution in [2.45, 2.75) is 53.5 Å². The predicted molar refractivity (Wildman–Crippen MR) is 108 cm³/mol. The molecule has 0 unspecified atom stereocenters. The van der Waals surface area contributed by atoms with Crippen molar-refractivity contribution in [3.8, 4) is 0 Å². The summed E-state index contributed by atoms with van der Waals surface area (Å²) >= 11 is 12.3. The molecule has 0 aliphatic rings. The Morgan fingerprint density at radius 1 is 1.04 bits per heavy atom. The molecule has 1 aromatic heterocycles. The third kappa shape index (κ3) is 5.33. The van der Waals surface area contributed by atoms with E-state index in [1.54, 1.807) is 6.07 Å². The summed E-state index contributed by atoms with van der Waals surface area (Å²) in [5.74, 6) is -0.505. The molecule has 27 heavy (non-hydrogen) atoms. The summed E-state index contributed by atoms with van der Waals surface area (Å²) in [4.78, 5) is 24.5. The van der Waals surface area contributed by atoms with Gasteiger partial charge >= 0.3 is 0 Å². The molecule has 0 N–H and O–H groups in total. The van der Waals surface area contributed by atoms with E-state index in [-0.39, 0.29) is 11.8 Å².